The molecule has 1 aliphatic rings. The summed E-state index contributed by atoms with van der Waals surface area (Å²) >= 11 is 12.4. The molecular formula is C21H27Cl2N3O2+2. The van der Waals surface area contributed by atoms with Crippen molar-refractivity contribution in [3.8, 4) is 0 Å². The van der Waals surface area contributed by atoms with Gasteiger partial charge in [0.2, 0.25) is 0 Å². The lowest BCUT2D eigenvalue weighted by atomic mass is 10.1. The van der Waals surface area contributed by atoms with Crippen LogP contribution in [0.5, 0.6) is 0 Å². The van der Waals surface area contributed by atoms with E-state index in [-0.39, 0.29) is 6.61 Å². The molecule has 4 N–H and O–H groups in total. The van der Waals surface area contributed by atoms with Gasteiger partial charge < -0.3 is 24.6 Å². The van der Waals surface area contributed by atoms with Crippen molar-refractivity contribution in [3.05, 3.63) is 46.4 Å². The van der Waals surface area contributed by atoms with E-state index in [0.29, 0.717) is 16.6 Å². The van der Waals surface area contributed by atoms with Gasteiger partial charge in [-0.3, -0.25) is 0 Å². The first kappa shape index (κ1) is 20.0. The fraction of sp³-hybridized carbons (Fsp3) is 0.429. The minimum absolute atomic E-state index is 0.245. The molecule has 1 atom stereocenters. The molecule has 0 bridgehead atoms. The van der Waals surface area contributed by atoms with Crippen molar-refractivity contribution >= 4 is 45.0 Å². The average Bonchev–Trinajstić information content (AvgIpc) is 2.96. The molecule has 4 rings (SSSR count). The lowest BCUT2D eigenvalue weighted by Gasteiger charge is -2.30. The number of rotatable bonds is 6. The van der Waals surface area contributed by atoms with Crippen LogP contribution < -0.4 is 9.80 Å². The monoisotopic (exact) mass is 423 g/mol. The second-order valence-corrected chi connectivity index (χ2v) is 8.64. The third kappa shape index (κ3) is 4.15. The molecule has 1 aromatic heterocycles. The van der Waals surface area contributed by atoms with Crippen LogP contribution in [0.1, 0.15) is 0 Å². The third-order valence-corrected chi connectivity index (χ3v) is 6.31. The molecule has 2 heterocycles. The highest BCUT2D eigenvalue weighted by atomic mass is 35.5. The standard InChI is InChI=1S/C21H25Cl2N3O2/c22-15-1-3-20-18(11-15)19-12-16(23)2-4-21(19)26(20)14-17(28)13-25-7-5-24(6-8-25)9-10-27/h1-4,11-12,17,27-28H,5-10,13-14H2/p+2/t17-/m0/s1. The second kappa shape index (κ2) is 8.57. The number of aliphatic hydroxyl groups excluding tert-OH is 2. The van der Waals surface area contributed by atoms with E-state index >= 15 is 0 Å². The van der Waals surface area contributed by atoms with Crippen LogP contribution in [0.15, 0.2) is 36.4 Å². The quantitative estimate of drug-likeness (QED) is 0.459. The number of aromatic nitrogens is 1. The van der Waals surface area contributed by atoms with Gasteiger partial charge in [0.1, 0.15) is 45.4 Å². The average molecular weight is 424 g/mol. The Kier molecular flexibility index (Phi) is 6.11. The van der Waals surface area contributed by atoms with E-state index < -0.39 is 6.10 Å². The minimum atomic E-state index is -0.431. The van der Waals surface area contributed by atoms with E-state index in [4.69, 9.17) is 28.3 Å². The first-order valence-electron chi connectivity index (χ1n) is 9.88. The Hall–Kier alpha value is -1.34. The van der Waals surface area contributed by atoms with Crippen LogP contribution in [-0.4, -0.2) is 66.8 Å². The second-order valence-electron chi connectivity index (χ2n) is 7.77. The summed E-state index contributed by atoms with van der Waals surface area (Å²) < 4.78 is 2.18. The molecule has 150 valence electrons. The number of quaternary nitrogens is 2. The number of hydrogen-bond acceptors (Lipinski definition) is 2. The van der Waals surface area contributed by atoms with E-state index in [1.165, 1.54) is 9.80 Å². The van der Waals surface area contributed by atoms with E-state index in [1.807, 2.05) is 36.4 Å². The van der Waals surface area contributed by atoms with E-state index in [0.717, 1.165) is 61.1 Å². The van der Waals surface area contributed by atoms with Crippen molar-refractivity contribution in [2.45, 2.75) is 12.6 Å². The van der Waals surface area contributed by atoms with Crippen molar-refractivity contribution in [3.63, 3.8) is 0 Å². The highest BCUT2D eigenvalue weighted by Gasteiger charge is 2.25. The maximum absolute atomic E-state index is 10.8. The lowest BCUT2D eigenvalue weighted by Crippen LogP contribution is -3.28. The van der Waals surface area contributed by atoms with Crippen LogP contribution in [0.3, 0.4) is 0 Å². The summed E-state index contributed by atoms with van der Waals surface area (Å²) in [4.78, 5) is 2.89. The molecule has 0 radical (unpaired) electrons. The van der Waals surface area contributed by atoms with Gasteiger partial charge in [-0.05, 0) is 36.4 Å². The Morgan fingerprint density at radius 1 is 0.893 bits per heavy atom. The Labute approximate surface area is 174 Å². The van der Waals surface area contributed by atoms with E-state index in [9.17, 15) is 5.11 Å². The summed E-state index contributed by atoms with van der Waals surface area (Å²) in [6.45, 7) is 6.51. The Balaban J connectivity index is 1.54. The highest BCUT2D eigenvalue weighted by Crippen LogP contribution is 2.32. The molecule has 1 saturated heterocycles. The zero-order valence-corrected chi connectivity index (χ0v) is 17.3. The first-order valence-corrected chi connectivity index (χ1v) is 10.6. The molecule has 0 amide bonds. The smallest absolute Gasteiger partial charge is 0.127 e. The number of hydrogen-bond donors (Lipinski definition) is 4. The number of piperazine rings is 1. The lowest BCUT2D eigenvalue weighted by molar-refractivity contribution is -1.01. The Bertz CT molecular complexity index is 908. The number of nitrogens with one attached hydrogen (secondary N) is 2. The Morgan fingerprint density at radius 2 is 1.43 bits per heavy atom. The third-order valence-electron chi connectivity index (χ3n) is 5.84. The molecule has 0 aliphatic carbocycles. The molecule has 28 heavy (non-hydrogen) atoms. The predicted molar refractivity (Wildman–Crippen MR) is 114 cm³/mol. The largest absolute Gasteiger partial charge is 0.391 e. The minimum Gasteiger partial charge on any atom is -0.391 e. The van der Waals surface area contributed by atoms with Gasteiger partial charge in [0.05, 0.1) is 13.2 Å². The molecule has 0 saturated carbocycles. The van der Waals surface area contributed by atoms with Crippen LogP contribution in [0.2, 0.25) is 10.0 Å². The van der Waals surface area contributed by atoms with Gasteiger partial charge in [0.25, 0.3) is 0 Å². The van der Waals surface area contributed by atoms with Crippen molar-refractivity contribution in [2.24, 2.45) is 0 Å². The van der Waals surface area contributed by atoms with Gasteiger partial charge in [-0.15, -0.1) is 0 Å². The van der Waals surface area contributed by atoms with Crippen LogP contribution in [-0.2, 0) is 6.54 Å². The van der Waals surface area contributed by atoms with Gasteiger partial charge in [-0.2, -0.15) is 0 Å². The summed E-state index contributed by atoms with van der Waals surface area (Å²) in [5, 5.41) is 23.4. The number of aliphatic hydroxyl groups is 2. The SMILES string of the molecule is OCC[NH+]1CC[NH+](C[C@H](O)Cn2c3ccc(Cl)cc3c3cc(Cl)ccc32)CC1. The molecule has 0 spiro atoms. The Morgan fingerprint density at radius 3 is 1.96 bits per heavy atom. The predicted octanol–water partition coefficient (Wildman–Crippen LogP) is 0.238. The molecule has 7 heteroatoms. The number of fused-ring (bicyclic) bond motifs is 3. The molecular weight excluding hydrogens is 397 g/mol. The van der Waals surface area contributed by atoms with Crippen LogP contribution >= 0.6 is 23.2 Å². The van der Waals surface area contributed by atoms with Crippen molar-refractivity contribution < 1.29 is 20.0 Å². The van der Waals surface area contributed by atoms with E-state index in [1.54, 1.807) is 0 Å². The van der Waals surface area contributed by atoms with Gasteiger partial charge in [-0.1, -0.05) is 23.2 Å². The van der Waals surface area contributed by atoms with Gasteiger partial charge >= 0.3 is 0 Å². The van der Waals surface area contributed by atoms with Crippen LogP contribution in [0, 0.1) is 0 Å². The molecule has 1 aliphatic heterocycles. The number of benzene rings is 2. The normalized spacial score (nSPS) is 21.4. The number of halogens is 2. The molecule has 5 nitrogen and oxygen atoms in total. The highest BCUT2D eigenvalue weighted by molar-refractivity contribution is 6.33. The maximum Gasteiger partial charge on any atom is 0.127 e. The van der Waals surface area contributed by atoms with Crippen molar-refractivity contribution in [1.82, 2.24) is 4.57 Å². The molecule has 3 aromatic rings. The van der Waals surface area contributed by atoms with Gasteiger partial charge in [0.15, 0.2) is 0 Å². The number of nitrogens with zero attached hydrogens (tertiary/aromatic N) is 1. The zero-order chi connectivity index (χ0) is 19.7. The molecule has 0 unspecified atom stereocenters. The van der Waals surface area contributed by atoms with Crippen molar-refractivity contribution in [2.75, 3.05) is 45.9 Å². The summed E-state index contributed by atoms with van der Waals surface area (Å²) in [6.07, 6.45) is -0.431. The first-order chi connectivity index (χ1) is 13.5. The zero-order valence-electron chi connectivity index (χ0n) is 15.8. The summed E-state index contributed by atoms with van der Waals surface area (Å²) in [7, 11) is 0. The fourth-order valence-electron chi connectivity index (χ4n) is 4.42. The summed E-state index contributed by atoms with van der Waals surface area (Å²) in [5.41, 5.74) is 2.13. The van der Waals surface area contributed by atoms with Crippen molar-refractivity contribution in [1.29, 1.82) is 0 Å². The van der Waals surface area contributed by atoms with Gasteiger partial charge in [0, 0.05) is 31.9 Å². The van der Waals surface area contributed by atoms with Gasteiger partial charge in [-0.25, -0.2) is 0 Å². The van der Waals surface area contributed by atoms with E-state index in [2.05, 4.69) is 4.57 Å². The molecule has 2 aromatic carbocycles. The topological polar surface area (TPSA) is 54.3 Å². The van der Waals surface area contributed by atoms with Crippen LogP contribution in [0.4, 0.5) is 0 Å². The fourth-order valence-corrected chi connectivity index (χ4v) is 4.77. The van der Waals surface area contributed by atoms with Crippen LogP contribution in [0.25, 0.3) is 21.8 Å². The summed E-state index contributed by atoms with van der Waals surface area (Å²) in [5.74, 6) is 0. The summed E-state index contributed by atoms with van der Waals surface area (Å²) in [6, 6.07) is 11.7. The maximum atomic E-state index is 10.8. The molecule has 1 fully saturated rings.